The Balaban J connectivity index is 1.31. The van der Waals surface area contributed by atoms with Crippen LogP contribution in [0, 0.1) is 17.5 Å². The zero-order valence-corrected chi connectivity index (χ0v) is 20.6. The third-order valence-electron chi connectivity index (χ3n) is 6.54. The van der Waals surface area contributed by atoms with Crippen LogP contribution >= 0.6 is 0 Å². The lowest BCUT2D eigenvalue weighted by Gasteiger charge is -2.38. The number of piperidine rings is 1. The number of carbonyl (C=O) groups is 1. The number of rotatable bonds is 5. The second-order valence-electron chi connectivity index (χ2n) is 8.91. The van der Waals surface area contributed by atoms with E-state index in [9.17, 15) is 31.5 Å². The molecule has 1 aliphatic heterocycles. The smallest absolute Gasteiger partial charge is 0.264 e. The minimum atomic E-state index is -4.23. The predicted molar refractivity (Wildman–Crippen MR) is 132 cm³/mol. The summed E-state index contributed by atoms with van der Waals surface area (Å²) in [4.78, 5) is 22.3. The lowest BCUT2D eigenvalue weighted by Crippen LogP contribution is -2.45. The van der Waals surface area contributed by atoms with Crippen LogP contribution < -0.4 is 4.72 Å². The molecular weight excluding hydrogens is 521 g/mol. The highest BCUT2D eigenvalue weighted by atomic mass is 32.2. The lowest BCUT2D eigenvalue weighted by atomic mass is 9.84. The van der Waals surface area contributed by atoms with Crippen molar-refractivity contribution in [1.29, 1.82) is 0 Å². The third-order valence-corrected chi connectivity index (χ3v) is 7.94. The fourth-order valence-corrected chi connectivity index (χ4v) is 5.74. The standard InChI is InChI=1S/C26H21F3N4O4S/c27-18-4-1-3-17(23(18)29)26(35)9-13-33(14-10-26)25(34)16-7-8-20(19(28)15-16)32-38(36,37)22-6-2-5-21-24(22)31-12-11-30-21/h1-8,11-12,15,32,35H,9-10,13-14H2. The first-order valence-electron chi connectivity index (χ1n) is 11.6. The molecule has 0 aliphatic carbocycles. The number of amides is 1. The Morgan fingerprint density at radius 3 is 2.39 bits per heavy atom. The number of hydrogen-bond donors (Lipinski definition) is 2. The average Bonchev–Trinajstić information content (AvgIpc) is 2.91. The van der Waals surface area contributed by atoms with E-state index in [4.69, 9.17) is 0 Å². The van der Waals surface area contributed by atoms with E-state index in [1.165, 1.54) is 47.6 Å². The monoisotopic (exact) mass is 542 g/mol. The maximum Gasteiger partial charge on any atom is 0.264 e. The van der Waals surface area contributed by atoms with E-state index in [2.05, 4.69) is 14.7 Å². The van der Waals surface area contributed by atoms with Gasteiger partial charge in [-0.2, -0.15) is 0 Å². The molecule has 8 nitrogen and oxygen atoms in total. The normalized spacial score (nSPS) is 15.4. The van der Waals surface area contributed by atoms with E-state index in [0.29, 0.717) is 5.52 Å². The van der Waals surface area contributed by atoms with E-state index in [1.807, 2.05) is 0 Å². The van der Waals surface area contributed by atoms with Crippen molar-refractivity contribution >= 4 is 32.7 Å². The number of likely N-dealkylation sites (tertiary alicyclic amines) is 1. The van der Waals surface area contributed by atoms with Crippen LogP contribution in [0.4, 0.5) is 18.9 Å². The van der Waals surface area contributed by atoms with Crippen LogP contribution in [0.25, 0.3) is 11.0 Å². The van der Waals surface area contributed by atoms with Gasteiger partial charge in [0.2, 0.25) is 0 Å². The quantitative estimate of drug-likeness (QED) is 0.395. The Bertz CT molecular complexity index is 1650. The van der Waals surface area contributed by atoms with Crippen LogP contribution in [-0.4, -0.2) is 47.4 Å². The predicted octanol–water partition coefficient (Wildman–Crippen LogP) is 3.97. The summed E-state index contributed by atoms with van der Waals surface area (Å²) in [6.45, 7) is 0.0345. The average molecular weight is 543 g/mol. The number of para-hydroxylation sites is 1. The number of anilines is 1. The molecule has 1 aliphatic rings. The minimum Gasteiger partial charge on any atom is -0.385 e. The molecule has 196 valence electrons. The van der Waals surface area contributed by atoms with Gasteiger partial charge in [-0.3, -0.25) is 19.5 Å². The summed E-state index contributed by atoms with van der Waals surface area (Å²) in [6.07, 6.45) is 2.67. The number of sulfonamides is 1. The van der Waals surface area contributed by atoms with Gasteiger partial charge in [-0.05, 0) is 49.2 Å². The number of nitrogens with zero attached hydrogens (tertiary/aromatic N) is 3. The van der Waals surface area contributed by atoms with Crippen molar-refractivity contribution in [3.8, 4) is 0 Å². The third kappa shape index (κ3) is 4.68. The molecule has 38 heavy (non-hydrogen) atoms. The number of carbonyl (C=O) groups excluding carboxylic acids is 1. The maximum absolute atomic E-state index is 14.9. The van der Waals surface area contributed by atoms with Crippen LogP contribution in [0.3, 0.4) is 0 Å². The fraction of sp³-hybridized carbons (Fsp3) is 0.192. The number of benzene rings is 3. The Morgan fingerprint density at radius 2 is 1.66 bits per heavy atom. The number of aromatic nitrogens is 2. The molecule has 0 saturated carbocycles. The molecule has 4 aromatic rings. The molecule has 1 saturated heterocycles. The van der Waals surface area contributed by atoms with Crippen LogP contribution in [0.5, 0.6) is 0 Å². The summed E-state index contributed by atoms with van der Waals surface area (Å²) >= 11 is 0. The van der Waals surface area contributed by atoms with E-state index in [-0.39, 0.29) is 53.2 Å². The summed E-state index contributed by atoms with van der Waals surface area (Å²) in [5.41, 5.74) is -1.75. The maximum atomic E-state index is 14.9. The number of aliphatic hydroxyl groups is 1. The topological polar surface area (TPSA) is 112 Å². The lowest BCUT2D eigenvalue weighted by molar-refractivity contribution is -0.0240. The molecule has 0 radical (unpaired) electrons. The molecule has 2 N–H and O–H groups in total. The first kappa shape index (κ1) is 25.6. The summed E-state index contributed by atoms with van der Waals surface area (Å²) < 4.78 is 70.9. The summed E-state index contributed by atoms with van der Waals surface area (Å²) in [5.74, 6) is -3.73. The molecule has 1 fully saturated rings. The van der Waals surface area contributed by atoms with Gasteiger partial charge in [0.15, 0.2) is 11.6 Å². The number of halogens is 3. The van der Waals surface area contributed by atoms with Crippen LogP contribution in [-0.2, 0) is 15.6 Å². The molecule has 0 bridgehead atoms. The highest BCUT2D eigenvalue weighted by Gasteiger charge is 2.38. The molecule has 5 rings (SSSR count). The van der Waals surface area contributed by atoms with Crippen LogP contribution in [0.2, 0.25) is 0 Å². The zero-order valence-electron chi connectivity index (χ0n) is 19.7. The number of nitrogens with one attached hydrogen (secondary N) is 1. The highest BCUT2D eigenvalue weighted by Crippen LogP contribution is 2.35. The van der Waals surface area contributed by atoms with E-state index in [0.717, 1.165) is 18.2 Å². The van der Waals surface area contributed by atoms with Gasteiger partial charge in [0.1, 0.15) is 16.2 Å². The van der Waals surface area contributed by atoms with Gasteiger partial charge in [0, 0.05) is 36.6 Å². The van der Waals surface area contributed by atoms with E-state index < -0.39 is 39.0 Å². The van der Waals surface area contributed by atoms with Crippen molar-refractivity contribution < 1.29 is 31.5 Å². The molecular formula is C26H21F3N4O4S. The van der Waals surface area contributed by atoms with Gasteiger partial charge in [-0.25, -0.2) is 21.6 Å². The van der Waals surface area contributed by atoms with Gasteiger partial charge < -0.3 is 10.0 Å². The fourth-order valence-electron chi connectivity index (χ4n) is 4.51. The van der Waals surface area contributed by atoms with E-state index >= 15 is 0 Å². The van der Waals surface area contributed by atoms with Gasteiger partial charge in [0.25, 0.3) is 15.9 Å². The van der Waals surface area contributed by atoms with Gasteiger partial charge >= 0.3 is 0 Å². The van der Waals surface area contributed by atoms with Gasteiger partial charge in [0.05, 0.1) is 16.8 Å². The van der Waals surface area contributed by atoms with Crippen LogP contribution in [0.15, 0.2) is 71.9 Å². The molecule has 3 aromatic carbocycles. The molecule has 1 amide bonds. The van der Waals surface area contributed by atoms with Crippen molar-refractivity contribution in [2.75, 3.05) is 17.8 Å². The van der Waals surface area contributed by atoms with Crippen molar-refractivity contribution in [3.63, 3.8) is 0 Å². The summed E-state index contributed by atoms with van der Waals surface area (Å²) in [6, 6.07) is 11.3. The first-order chi connectivity index (χ1) is 18.1. The second-order valence-corrected chi connectivity index (χ2v) is 10.6. The number of fused-ring (bicyclic) bond motifs is 1. The Labute approximate surface area is 215 Å². The SMILES string of the molecule is O=C(c1ccc(NS(=O)(=O)c2cccc3nccnc23)c(F)c1)N1CCC(O)(c2cccc(F)c2F)CC1. The van der Waals surface area contributed by atoms with Crippen molar-refractivity contribution in [2.45, 2.75) is 23.3 Å². The molecule has 0 unspecified atom stereocenters. The van der Waals surface area contributed by atoms with E-state index in [1.54, 1.807) is 6.07 Å². The minimum absolute atomic E-state index is 0.0173. The molecule has 1 aromatic heterocycles. The Hall–Kier alpha value is -4.03. The first-order valence-corrected chi connectivity index (χ1v) is 13.1. The van der Waals surface area contributed by atoms with Gasteiger partial charge in [-0.15, -0.1) is 0 Å². The Morgan fingerprint density at radius 1 is 0.947 bits per heavy atom. The van der Waals surface area contributed by atoms with Crippen molar-refractivity contribution in [1.82, 2.24) is 14.9 Å². The summed E-state index contributed by atoms with van der Waals surface area (Å²) in [7, 11) is -4.23. The highest BCUT2D eigenvalue weighted by molar-refractivity contribution is 7.93. The van der Waals surface area contributed by atoms with Crippen molar-refractivity contribution in [3.05, 3.63) is 95.6 Å². The molecule has 0 atom stereocenters. The largest absolute Gasteiger partial charge is 0.385 e. The Kier molecular flexibility index (Phi) is 6.53. The second kappa shape index (κ2) is 9.69. The molecule has 0 spiro atoms. The van der Waals surface area contributed by atoms with Gasteiger partial charge in [-0.1, -0.05) is 18.2 Å². The van der Waals surface area contributed by atoms with Crippen LogP contribution in [0.1, 0.15) is 28.8 Å². The summed E-state index contributed by atoms with van der Waals surface area (Å²) in [5, 5.41) is 10.9. The molecule has 2 heterocycles. The zero-order chi connectivity index (χ0) is 27.1. The number of hydrogen-bond acceptors (Lipinski definition) is 6. The van der Waals surface area contributed by atoms with Crippen molar-refractivity contribution in [2.24, 2.45) is 0 Å². The molecule has 12 heteroatoms.